The molecule has 0 bridgehead atoms. The number of aryl methyl sites for hydroxylation is 1. The zero-order valence-corrected chi connectivity index (χ0v) is 16.7. The molecule has 4 rings (SSSR count). The summed E-state index contributed by atoms with van der Waals surface area (Å²) in [6.07, 6.45) is -4.44. The van der Waals surface area contributed by atoms with E-state index in [-0.39, 0.29) is 29.0 Å². The van der Waals surface area contributed by atoms with Crippen LogP contribution in [-0.2, 0) is 26.7 Å². The monoisotopic (exact) mass is 446 g/mol. The molecule has 162 valence electrons. The van der Waals surface area contributed by atoms with Crippen LogP contribution < -0.4 is 5.32 Å². The van der Waals surface area contributed by atoms with E-state index in [0.717, 1.165) is 18.2 Å². The number of aromatic nitrogens is 1. The second-order valence-corrected chi connectivity index (χ2v) is 10.0. The highest BCUT2D eigenvalue weighted by Gasteiger charge is 2.59. The standard InChI is InChI=1S/C20H19F5N2O2S/c1-18(22,20(23,24)25)16-8-6-14-15(27-16)7-9-17-19(14,10-11-26-17)30(28,29)13-4-2-12(21)3-5-13/h2-6,8,17,26H,7,9-11H2,1H3. The highest BCUT2D eigenvalue weighted by atomic mass is 32.2. The minimum Gasteiger partial charge on any atom is -0.312 e. The molecule has 0 amide bonds. The second kappa shape index (κ2) is 6.71. The third-order valence-corrected chi connectivity index (χ3v) is 8.73. The van der Waals surface area contributed by atoms with Gasteiger partial charge in [-0.3, -0.25) is 4.98 Å². The number of hydrogen-bond acceptors (Lipinski definition) is 4. The lowest BCUT2D eigenvalue weighted by atomic mass is 9.80. The van der Waals surface area contributed by atoms with Crippen LogP contribution in [0, 0.1) is 5.82 Å². The fourth-order valence-corrected chi connectivity index (χ4v) is 6.82. The fraction of sp³-hybridized carbons (Fsp3) is 0.450. The number of rotatable bonds is 3. The quantitative estimate of drug-likeness (QED) is 0.573. The van der Waals surface area contributed by atoms with Gasteiger partial charge in [0.2, 0.25) is 5.67 Å². The van der Waals surface area contributed by atoms with Crippen molar-refractivity contribution in [2.45, 2.75) is 53.7 Å². The first-order valence-corrected chi connectivity index (χ1v) is 10.9. The van der Waals surface area contributed by atoms with Gasteiger partial charge in [-0.15, -0.1) is 0 Å². The lowest BCUT2D eigenvalue weighted by molar-refractivity contribution is -0.230. The van der Waals surface area contributed by atoms with Crippen LogP contribution in [0.25, 0.3) is 0 Å². The number of pyridine rings is 1. The Hall–Kier alpha value is -2.07. The highest BCUT2D eigenvalue weighted by Crippen LogP contribution is 2.50. The first kappa shape index (κ1) is 21.2. The molecule has 1 aliphatic carbocycles. The molecule has 0 saturated carbocycles. The molecule has 0 radical (unpaired) electrons. The fourth-order valence-electron chi connectivity index (χ4n) is 4.48. The van der Waals surface area contributed by atoms with Crippen LogP contribution in [0.2, 0.25) is 0 Å². The van der Waals surface area contributed by atoms with Crippen molar-refractivity contribution in [3.05, 3.63) is 59.2 Å². The van der Waals surface area contributed by atoms with Crippen LogP contribution in [0.4, 0.5) is 22.0 Å². The Labute approximate surface area is 170 Å². The van der Waals surface area contributed by atoms with Gasteiger partial charge in [-0.05, 0) is 68.6 Å². The number of alkyl halides is 4. The van der Waals surface area contributed by atoms with Crippen LogP contribution in [0.3, 0.4) is 0 Å². The smallest absolute Gasteiger partial charge is 0.312 e. The topological polar surface area (TPSA) is 59.1 Å². The van der Waals surface area contributed by atoms with E-state index >= 15 is 0 Å². The predicted molar refractivity (Wildman–Crippen MR) is 98.7 cm³/mol. The van der Waals surface area contributed by atoms with E-state index in [4.69, 9.17) is 0 Å². The Balaban J connectivity index is 1.89. The third kappa shape index (κ3) is 2.87. The van der Waals surface area contributed by atoms with Crippen LogP contribution in [-0.4, -0.2) is 32.2 Å². The minimum atomic E-state index is -5.15. The Morgan fingerprint density at radius 2 is 1.77 bits per heavy atom. The Morgan fingerprint density at radius 1 is 1.10 bits per heavy atom. The number of benzene rings is 1. The van der Waals surface area contributed by atoms with E-state index in [1.807, 2.05) is 0 Å². The number of halogens is 5. The molecular weight excluding hydrogens is 427 g/mol. The number of sulfone groups is 1. The molecule has 0 spiro atoms. The number of fused-ring (bicyclic) bond motifs is 3. The van der Waals surface area contributed by atoms with E-state index in [1.54, 1.807) is 0 Å². The summed E-state index contributed by atoms with van der Waals surface area (Å²) in [5.74, 6) is -0.586. The maximum absolute atomic E-state index is 14.4. The summed E-state index contributed by atoms with van der Waals surface area (Å²) in [6, 6.07) is 6.12. The third-order valence-electron chi connectivity index (χ3n) is 6.17. The maximum atomic E-state index is 14.4. The summed E-state index contributed by atoms with van der Waals surface area (Å²) in [5.41, 5.74) is -4.04. The Kier molecular flexibility index (Phi) is 4.74. The van der Waals surface area contributed by atoms with E-state index in [9.17, 15) is 30.4 Å². The van der Waals surface area contributed by atoms with Crippen molar-refractivity contribution < 1.29 is 30.4 Å². The second-order valence-electron chi connectivity index (χ2n) is 7.83. The molecular formula is C20H19F5N2O2S. The molecule has 2 heterocycles. The number of hydrogen-bond donors (Lipinski definition) is 1. The summed E-state index contributed by atoms with van der Waals surface area (Å²) in [7, 11) is -4.05. The van der Waals surface area contributed by atoms with Crippen LogP contribution in [0.1, 0.15) is 36.7 Å². The SMILES string of the molecule is CC(F)(c1ccc2c(n1)CCC1NCCC21S(=O)(=O)c1ccc(F)cc1)C(F)(F)F. The van der Waals surface area contributed by atoms with Crippen molar-refractivity contribution in [3.63, 3.8) is 0 Å². The van der Waals surface area contributed by atoms with Crippen molar-refractivity contribution >= 4 is 9.84 Å². The molecule has 10 heteroatoms. The molecule has 1 aliphatic heterocycles. The van der Waals surface area contributed by atoms with E-state index in [0.29, 0.717) is 19.9 Å². The molecule has 3 atom stereocenters. The molecule has 1 N–H and O–H groups in total. The van der Waals surface area contributed by atoms with Gasteiger partial charge in [0.05, 0.1) is 10.6 Å². The molecule has 1 aromatic carbocycles. The lowest BCUT2D eigenvalue weighted by Gasteiger charge is -2.40. The first-order chi connectivity index (χ1) is 13.9. The van der Waals surface area contributed by atoms with E-state index < -0.39 is 44.0 Å². The van der Waals surface area contributed by atoms with Gasteiger partial charge < -0.3 is 5.32 Å². The highest BCUT2D eigenvalue weighted by molar-refractivity contribution is 7.92. The molecule has 3 unspecified atom stereocenters. The molecule has 30 heavy (non-hydrogen) atoms. The van der Waals surface area contributed by atoms with Crippen LogP contribution >= 0.6 is 0 Å². The predicted octanol–water partition coefficient (Wildman–Crippen LogP) is 3.95. The first-order valence-electron chi connectivity index (χ1n) is 9.41. The zero-order chi connectivity index (χ0) is 21.9. The largest absolute Gasteiger partial charge is 0.428 e. The average Bonchev–Trinajstić information content (AvgIpc) is 3.13. The lowest BCUT2D eigenvalue weighted by Crippen LogP contribution is -2.50. The molecule has 1 aromatic heterocycles. The Bertz CT molecular complexity index is 1080. The summed E-state index contributed by atoms with van der Waals surface area (Å²) in [4.78, 5) is 3.85. The van der Waals surface area contributed by atoms with Crippen molar-refractivity contribution in [2.75, 3.05) is 6.54 Å². The van der Waals surface area contributed by atoms with Gasteiger partial charge in [0.25, 0.3) is 0 Å². The average molecular weight is 446 g/mol. The summed E-state index contributed by atoms with van der Waals surface area (Å²) >= 11 is 0. The van der Waals surface area contributed by atoms with Gasteiger partial charge in [0, 0.05) is 11.7 Å². The molecule has 1 fully saturated rings. The molecule has 1 saturated heterocycles. The molecule has 2 aromatic rings. The Morgan fingerprint density at radius 3 is 2.40 bits per heavy atom. The van der Waals surface area contributed by atoms with Gasteiger partial charge in [0.1, 0.15) is 10.6 Å². The normalized spacial score (nSPS) is 26.0. The maximum Gasteiger partial charge on any atom is 0.428 e. The van der Waals surface area contributed by atoms with Crippen LogP contribution in [0.15, 0.2) is 41.3 Å². The van der Waals surface area contributed by atoms with Gasteiger partial charge in [-0.25, -0.2) is 17.2 Å². The number of nitrogens with one attached hydrogen (secondary N) is 1. The zero-order valence-electron chi connectivity index (χ0n) is 15.9. The van der Waals surface area contributed by atoms with Crippen molar-refractivity contribution in [2.24, 2.45) is 0 Å². The van der Waals surface area contributed by atoms with Crippen molar-refractivity contribution in [1.82, 2.24) is 10.3 Å². The van der Waals surface area contributed by atoms with E-state index in [1.165, 1.54) is 18.2 Å². The summed E-state index contributed by atoms with van der Waals surface area (Å²) < 4.78 is 93.0. The van der Waals surface area contributed by atoms with Gasteiger partial charge in [0.15, 0.2) is 9.84 Å². The molecule has 4 nitrogen and oxygen atoms in total. The minimum absolute atomic E-state index is 0.0832. The van der Waals surface area contributed by atoms with E-state index in [2.05, 4.69) is 10.3 Å². The summed E-state index contributed by atoms with van der Waals surface area (Å²) in [5, 5.41) is 3.16. The van der Waals surface area contributed by atoms with Crippen LogP contribution in [0.5, 0.6) is 0 Å². The summed E-state index contributed by atoms with van der Waals surface area (Å²) in [6.45, 7) is 0.783. The van der Waals surface area contributed by atoms with Gasteiger partial charge >= 0.3 is 6.18 Å². The van der Waals surface area contributed by atoms with Crippen molar-refractivity contribution in [1.29, 1.82) is 0 Å². The van der Waals surface area contributed by atoms with Crippen molar-refractivity contribution in [3.8, 4) is 0 Å². The molecule has 2 aliphatic rings. The number of nitrogens with zero attached hydrogens (tertiary/aromatic N) is 1. The van der Waals surface area contributed by atoms with Gasteiger partial charge in [-0.2, -0.15) is 13.2 Å². The van der Waals surface area contributed by atoms with Gasteiger partial charge in [-0.1, -0.05) is 6.07 Å².